The molecule has 6 heteroatoms. The predicted octanol–water partition coefficient (Wildman–Crippen LogP) is 1.75. The number of thiazole rings is 1. The van der Waals surface area contributed by atoms with Gasteiger partial charge < -0.3 is 15.2 Å². The van der Waals surface area contributed by atoms with Gasteiger partial charge in [0.25, 0.3) is 5.91 Å². The van der Waals surface area contributed by atoms with E-state index >= 15 is 0 Å². The summed E-state index contributed by atoms with van der Waals surface area (Å²) in [4.78, 5) is 16.0. The summed E-state index contributed by atoms with van der Waals surface area (Å²) < 4.78 is 4.95. The summed E-state index contributed by atoms with van der Waals surface area (Å²) in [5, 5.41) is 15.1. The summed E-state index contributed by atoms with van der Waals surface area (Å²) in [5.74, 6) is -0.293. The molecule has 0 bridgehead atoms. The Morgan fingerprint density at radius 1 is 1.45 bits per heavy atom. The minimum absolute atomic E-state index is 0.153. The van der Waals surface area contributed by atoms with Crippen LogP contribution in [0.3, 0.4) is 0 Å². The Balaban J connectivity index is 1.88. The molecular weight excluding hydrogens is 276 g/mol. The minimum atomic E-state index is -0.725. The molecule has 1 heterocycles. The molecule has 0 saturated heterocycles. The molecule has 1 amide bonds. The van der Waals surface area contributed by atoms with Crippen molar-refractivity contribution in [2.24, 2.45) is 0 Å². The van der Waals surface area contributed by atoms with Gasteiger partial charge in [-0.15, -0.1) is 11.3 Å². The Morgan fingerprint density at radius 3 is 2.90 bits per heavy atom. The number of carbonyl (C=O) groups excluding carboxylic acids is 1. The zero-order chi connectivity index (χ0) is 14.4. The van der Waals surface area contributed by atoms with Gasteiger partial charge in [0.15, 0.2) is 0 Å². The number of ether oxygens (including phenoxy) is 1. The number of benzene rings is 1. The first-order valence-electron chi connectivity index (χ1n) is 6.15. The highest BCUT2D eigenvalue weighted by atomic mass is 32.1. The van der Waals surface area contributed by atoms with Crippen molar-refractivity contribution in [3.05, 3.63) is 52.0 Å². The van der Waals surface area contributed by atoms with Crippen LogP contribution in [0.4, 0.5) is 0 Å². The highest BCUT2D eigenvalue weighted by Crippen LogP contribution is 2.12. The van der Waals surface area contributed by atoms with Crippen molar-refractivity contribution >= 4 is 17.2 Å². The van der Waals surface area contributed by atoms with Crippen LogP contribution >= 0.6 is 11.3 Å². The Kier molecular flexibility index (Phi) is 5.23. The quantitative estimate of drug-likeness (QED) is 0.851. The Hall–Kier alpha value is -1.76. The van der Waals surface area contributed by atoms with Gasteiger partial charge >= 0.3 is 0 Å². The van der Waals surface area contributed by atoms with Crippen molar-refractivity contribution in [3.8, 4) is 0 Å². The van der Waals surface area contributed by atoms with Crippen LogP contribution in [0.5, 0.6) is 0 Å². The molecule has 20 heavy (non-hydrogen) atoms. The van der Waals surface area contributed by atoms with Crippen molar-refractivity contribution in [3.63, 3.8) is 0 Å². The molecule has 0 aliphatic heterocycles. The summed E-state index contributed by atoms with van der Waals surface area (Å²) in [6.07, 6.45) is -0.725. The summed E-state index contributed by atoms with van der Waals surface area (Å²) in [6.45, 7) is 0.546. The van der Waals surface area contributed by atoms with E-state index in [1.54, 1.807) is 12.5 Å². The van der Waals surface area contributed by atoms with E-state index in [1.807, 2.05) is 30.3 Å². The van der Waals surface area contributed by atoms with Gasteiger partial charge in [0.05, 0.1) is 12.7 Å². The van der Waals surface area contributed by atoms with E-state index < -0.39 is 6.10 Å². The van der Waals surface area contributed by atoms with E-state index in [0.29, 0.717) is 12.3 Å². The van der Waals surface area contributed by atoms with Gasteiger partial charge in [-0.25, -0.2) is 4.98 Å². The van der Waals surface area contributed by atoms with Crippen LogP contribution in [0.1, 0.15) is 27.2 Å². The summed E-state index contributed by atoms with van der Waals surface area (Å²) >= 11 is 1.37. The largest absolute Gasteiger partial charge is 0.387 e. The van der Waals surface area contributed by atoms with Crippen molar-refractivity contribution in [2.45, 2.75) is 12.7 Å². The van der Waals surface area contributed by atoms with Crippen LogP contribution in [-0.4, -0.2) is 29.7 Å². The van der Waals surface area contributed by atoms with Crippen LogP contribution in [0.2, 0.25) is 0 Å². The van der Waals surface area contributed by atoms with Crippen LogP contribution in [-0.2, 0) is 11.3 Å². The molecule has 0 radical (unpaired) electrons. The standard InChI is InChI=1S/C14H16N2O3S/c1-19-8-13-16-11(9-20-13)14(18)15-7-12(17)10-5-3-2-4-6-10/h2-6,9,12,17H,7-8H2,1H3,(H,15,18). The van der Waals surface area contributed by atoms with E-state index in [2.05, 4.69) is 10.3 Å². The second-order valence-corrected chi connectivity index (χ2v) is 5.14. The number of carbonyl (C=O) groups is 1. The molecule has 0 saturated carbocycles. The molecule has 2 N–H and O–H groups in total. The second-order valence-electron chi connectivity index (χ2n) is 4.20. The van der Waals surface area contributed by atoms with Gasteiger partial charge in [-0.05, 0) is 5.56 Å². The Labute approximate surface area is 121 Å². The summed E-state index contributed by atoms with van der Waals surface area (Å²) in [5.41, 5.74) is 1.12. The topological polar surface area (TPSA) is 71.5 Å². The fraction of sp³-hybridized carbons (Fsp3) is 0.286. The molecule has 1 unspecified atom stereocenters. The van der Waals surface area contributed by atoms with Gasteiger partial charge in [-0.2, -0.15) is 0 Å². The van der Waals surface area contributed by atoms with Gasteiger partial charge in [0.2, 0.25) is 0 Å². The van der Waals surface area contributed by atoms with Crippen molar-refractivity contribution in [2.75, 3.05) is 13.7 Å². The van der Waals surface area contributed by atoms with E-state index in [9.17, 15) is 9.90 Å². The smallest absolute Gasteiger partial charge is 0.270 e. The maximum atomic E-state index is 11.9. The van der Waals surface area contributed by atoms with Gasteiger partial charge in [0, 0.05) is 19.0 Å². The average molecular weight is 292 g/mol. The number of rotatable bonds is 6. The molecule has 1 aromatic heterocycles. The number of nitrogens with one attached hydrogen (secondary N) is 1. The number of aliphatic hydroxyl groups excluding tert-OH is 1. The molecule has 5 nitrogen and oxygen atoms in total. The Morgan fingerprint density at radius 2 is 2.20 bits per heavy atom. The highest BCUT2D eigenvalue weighted by molar-refractivity contribution is 7.09. The maximum Gasteiger partial charge on any atom is 0.270 e. The third-order valence-electron chi connectivity index (χ3n) is 2.69. The molecule has 0 aliphatic carbocycles. The molecule has 1 atom stereocenters. The second kappa shape index (κ2) is 7.14. The fourth-order valence-corrected chi connectivity index (χ4v) is 2.42. The third kappa shape index (κ3) is 3.86. The van der Waals surface area contributed by atoms with Gasteiger partial charge in [0.1, 0.15) is 10.7 Å². The molecule has 0 spiro atoms. The van der Waals surface area contributed by atoms with E-state index in [0.717, 1.165) is 10.6 Å². The lowest BCUT2D eigenvalue weighted by Gasteiger charge is -2.11. The molecule has 1 aromatic carbocycles. The predicted molar refractivity (Wildman–Crippen MR) is 76.6 cm³/mol. The van der Waals surface area contributed by atoms with Crippen molar-refractivity contribution < 1.29 is 14.6 Å². The first-order chi connectivity index (χ1) is 9.70. The van der Waals surface area contributed by atoms with Crippen LogP contribution < -0.4 is 5.32 Å². The number of hydrogen-bond donors (Lipinski definition) is 2. The summed E-state index contributed by atoms with van der Waals surface area (Å²) in [6, 6.07) is 9.20. The van der Waals surface area contributed by atoms with Crippen LogP contribution in [0.15, 0.2) is 35.7 Å². The monoisotopic (exact) mass is 292 g/mol. The lowest BCUT2D eigenvalue weighted by Crippen LogP contribution is -2.28. The molecular formula is C14H16N2O3S. The lowest BCUT2D eigenvalue weighted by molar-refractivity contribution is 0.0911. The fourth-order valence-electron chi connectivity index (χ4n) is 1.68. The maximum absolute atomic E-state index is 11.9. The molecule has 106 valence electrons. The average Bonchev–Trinajstić information content (AvgIpc) is 2.94. The SMILES string of the molecule is COCc1nc(C(=O)NCC(O)c2ccccc2)cs1. The molecule has 2 rings (SSSR count). The summed E-state index contributed by atoms with van der Waals surface area (Å²) in [7, 11) is 1.58. The minimum Gasteiger partial charge on any atom is -0.387 e. The molecule has 0 aliphatic rings. The van der Waals surface area contributed by atoms with E-state index in [1.165, 1.54) is 11.3 Å². The number of amides is 1. The zero-order valence-corrected chi connectivity index (χ0v) is 11.9. The van der Waals surface area contributed by atoms with E-state index in [-0.39, 0.29) is 12.5 Å². The highest BCUT2D eigenvalue weighted by Gasteiger charge is 2.13. The van der Waals surface area contributed by atoms with Crippen molar-refractivity contribution in [1.82, 2.24) is 10.3 Å². The van der Waals surface area contributed by atoms with Crippen molar-refractivity contribution in [1.29, 1.82) is 0 Å². The zero-order valence-electron chi connectivity index (χ0n) is 11.1. The lowest BCUT2D eigenvalue weighted by atomic mass is 10.1. The van der Waals surface area contributed by atoms with Gasteiger partial charge in [-0.3, -0.25) is 4.79 Å². The Bertz CT molecular complexity index is 557. The van der Waals surface area contributed by atoms with Crippen LogP contribution in [0, 0.1) is 0 Å². The third-order valence-corrected chi connectivity index (χ3v) is 3.51. The molecule has 2 aromatic rings. The molecule has 0 fully saturated rings. The normalized spacial score (nSPS) is 12.1. The first kappa shape index (κ1) is 14.6. The number of aliphatic hydroxyl groups is 1. The number of aromatic nitrogens is 1. The number of hydrogen-bond acceptors (Lipinski definition) is 5. The first-order valence-corrected chi connectivity index (χ1v) is 7.03. The number of methoxy groups -OCH3 is 1. The van der Waals surface area contributed by atoms with E-state index in [4.69, 9.17) is 4.74 Å². The van der Waals surface area contributed by atoms with Crippen LogP contribution in [0.25, 0.3) is 0 Å². The van der Waals surface area contributed by atoms with Gasteiger partial charge in [-0.1, -0.05) is 30.3 Å². The number of nitrogens with zero attached hydrogens (tertiary/aromatic N) is 1.